The number of hydrogen-bond acceptors (Lipinski definition) is 6. The minimum absolute atomic E-state index is 0. The van der Waals surface area contributed by atoms with Gasteiger partial charge in [0.1, 0.15) is 0 Å². The Kier molecular flexibility index (Phi) is 16.0. The van der Waals surface area contributed by atoms with Crippen molar-refractivity contribution in [2.45, 2.75) is 11.0 Å². The van der Waals surface area contributed by atoms with Crippen molar-refractivity contribution in [1.29, 1.82) is 0 Å². The van der Waals surface area contributed by atoms with E-state index >= 15 is 0 Å². The van der Waals surface area contributed by atoms with Crippen molar-refractivity contribution in [3.63, 3.8) is 0 Å². The van der Waals surface area contributed by atoms with Gasteiger partial charge in [0.05, 0.1) is 0 Å². The number of nitrogens with zero attached hydrogens (tertiary/aromatic N) is 1. The topological polar surface area (TPSA) is 117 Å². The summed E-state index contributed by atoms with van der Waals surface area (Å²) in [5.41, 5.74) is -12.4. The summed E-state index contributed by atoms with van der Waals surface area (Å²) < 4.78 is 137. The summed E-state index contributed by atoms with van der Waals surface area (Å²) in [6.45, 7) is 0. The largest absolute Gasteiger partial charge is 2.00 e. The second kappa shape index (κ2) is 19.3. The molecule has 288 valence electrons. The smallest absolute Gasteiger partial charge is 0.421 e. The summed E-state index contributed by atoms with van der Waals surface area (Å²) >= 11 is 0. The van der Waals surface area contributed by atoms with Crippen LogP contribution in [0.3, 0.4) is 0 Å². The third-order valence-corrected chi connectivity index (χ3v) is 16.4. The monoisotopic (exact) mass is 900 g/mol. The van der Waals surface area contributed by atoms with E-state index in [9.17, 15) is 52.3 Å². The van der Waals surface area contributed by atoms with Crippen LogP contribution in [0.4, 0.5) is 26.3 Å². The normalized spacial score (nSPS) is 12.1. The van der Waals surface area contributed by atoms with Gasteiger partial charge in [0.25, 0.3) is 0 Å². The number of rotatable bonds is 8. The summed E-state index contributed by atoms with van der Waals surface area (Å²) in [5.74, 6) is 0. The molecule has 18 heteroatoms. The third kappa shape index (κ3) is 11.0. The fourth-order valence-electron chi connectivity index (χ4n) is 4.94. The maximum Gasteiger partial charge on any atom is 2.00 e. The van der Waals surface area contributed by atoms with Gasteiger partial charge in [-0.3, -0.25) is 0 Å². The van der Waals surface area contributed by atoms with Gasteiger partial charge in [0.2, 0.25) is 0 Å². The molecule has 0 unspecified atom stereocenters. The van der Waals surface area contributed by atoms with Crippen LogP contribution >= 0.6 is 14.3 Å². The van der Waals surface area contributed by atoms with Gasteiger partial charge in [-0.05, 0) is 0 Å². The molecule has 0 amide bonds. The van der Waals surface area contributed by atoms with E-state index in [0.29, 0.717) is 0 Å². The molecule has 0 aliphatic rings. The van der Waals surface area contributed by atoms with Crippen molar-refractivity contribution >= 4 is 66.2 Å². The average molecular weight is 902 g/mol. The maximum atomic E-state index is 13.8. The summed E-state index contributed by atoms with van der Waals surface area (Å²) in [6, 6.07) is 58.3. The minimum atomic E-state index is -6.72. The first-order valence-electron chi connectivity index (χ1n) is 15.7. The van der Waals surface area contributed by atoms with Crippen LogP contribution in [0, 0.1) is 0 Å². The first-order valence-corrected chi connectivity index (χ1v) is 22.0. The van der Waals surface area contributed by atoms with Crippen LogP contribution in [0.5, 0.6) is 0 Å². The zero-order valence-electron chi connectivity index (χ0n) is 28.9. The zero-order chi connectivity index (χ0) is 40.4. The van der Waals surface area contributed by atoms with Crippen molar-refractivity contribution in [2.75, 3.05) is 0 Å². The van der Waals surface area contributed by atoms with Crippen molar-refractivity contribution in [1.82, 2.24) is 0 Å². The molecular weight excluding hydrogens is 872 g/mol. The Labute approximate surface area is 333 Å². The summed E-state index contributed by atoms with van der Waals surface area (Å²) in [7, 11) is -19.0. The van der Waals surface area contributed by atoms with Gasteiger partial charge in [0.15, 0.2) is 34.3 Å². The van der Waals surface area contributed by atoms with E-state index < -0.39 is 45.3 Å². The number of alkyl halides is 6. The van der Waals surface area contributed by atoms with Gasteiger partial charge in [-0.25, -0.2) is 16.8 Å². The van der Waals surface area contributed by atoms with Gasteiger partial charge in [-0.1, -0.05) is 182 Å². The molecule has 7 nitrogen and oxygen atoms in total. The molecule has 6 rings (SSSR count). The van der Waals surface area contributed by atoms with Crippen LogP contribution in [0.2, 0.25) is 0 Å². The van der Waals surface area contributed by atoms with Crippen LogP contribution in [0.25, 0.3) is 4.13 Å². The summed E-state index contributed by atoms with van der Waals surface area (Å²) in [4.78, 5) is 0. The van der Waals surface area contributed by atoms with Crippen molar-refractivity contribution < 1.29 is 71.8 Å². The average Bonchev–Trinajstić information content (AvgIpc) is 3.18. The number of hydrogen-bond donors (Lipinski definition) is 0. The molecule has 0 fully saturated rings. The molecule has 6 aromatic rings. The molecule has 0 aromatic heterocycles. The molecular formula is C38H30F6NO6P2S2Zn+. The minimum Gasteiger partial charge on any atom is -0.421 e. The fourth-order valence-corrected chi connectivity index (χ4v) is 12.0. The molecule has 0 N–H and O–H groups in total. The van der Waals surface area contributed by atoms with Crippen LogP contribution in [0.1, 0.15) is 0 Å². The van der Waals surface area contributed by atoms with Crippen molar-refractivity contribution in [2.24, 2.45) is 0 Å². The molecule has 0 aliphatic heterocycles. The Morgan fingerprint density at radius 2 is 0.482 bits per heavy atom. The number of halogens is 6. The van der Waals surface area contributed by atoms with E-state index in [1.807, 2.05) is 182 Å². The van der Waals surface area contributed by atoms with E-state index in [1.54, 1.807) is 0 Å². The van der Waals surface area contributed by atoms with Crippen LogP contribution in [-0.2, 0) is 48.7 Å². The Morgan fingerprint density at radius 1 is 0.339 bits per heavy atom. The molecule has 0 aliphatic carbocycles. The van der Waals surface area contributed by atoms with Crippen LogP contribution in [0.15, 0.2) is 182 Å². The molecule has 0 spiro atoms. The predicted molar refractivity (Wildman–Crippen MR) is 205 cm³/mol. The number of sulfonamides is 2. The standard InChI is InChI=1S/2C18H15OP.C2F6NO4S2.Zn/c2*19-20(16-10-4-1-5-11-16,17-12-6-2-7-13-17)18-14-8-3-9-15-18;3-1(4,5)14(10,11)9-15(12,13)2(6,7)8;/h2*1-15H;;/q;;-1;+2. The van der Waals surface area contributed by atoms with Gasteiger partial charge in [-0.15, -0.1) is 0 Å². The van der Waals surface area contributed by atoms with E-state index in [4.69, 9.17) is 0 Å². The molecule has 0 bridgehead atoms. The van der Waals surface area contributed by atoms with Gasteiger partial charge in [-0.2, -0.15) is 26.3 Å². The second-order valence-electron chi connectivity index (χ2n) is 11.1. The van der Waals surface area contributed by atoms with E-state index in [0.717, 1.165) is 36.0 Å². The van der Waals surface area contributed by atoms with Crippen LogP contribution < -0.4 is 31.8 Å². The van der Waals surface area contributed by atoms with Crippen molar-refractivity contribution in [3.05, 3.63) is 186 Å². The molecule has 56 heavy (non-hydrogen) atoms. The number of benzene rings is 6. The Balaban J connectivity index is 0.000000227. The summed E-state index contributed by atoms with van der Waals surface area (Å²) in [6.07, 6.45) is 0. The molecule has 0 saturated carbocycles. The SMILES string of the molecule is O=P(c1ccccc1)(c1ccccc1)c1ccccc1.O=P(c1ccccc1)(c1ccccc1)c1ccccc1.O=S(=O)([N-]S(=O)(=O)C(F)(F)F)C(F)(F)F.[Zn+2]. The van der Waals surface area contributed by atoms with Crippen molar-refractivity contribution in [3.8, 4) is 0 Å². The van der Waals surface area contributed by atoms with Gasteiger partial charge >= 0.3 is 30.5 Å². The maximum absolute atomic E-state index is 13.8. The van der Waals surface area contributed by atoms with Gasteiger partial charge < -0.3 is 13.3 Å². The molecule has 0 heterocycles. The Morgan fingerprint density at radius 3 is 0.607 bits per heavy atom. The summed E-state index contributed by atoms with van der Waals surface area (Å²) in [5, 5.41) is 5.24. The van der Waals surface area contributed by atoms with Gasteiger partial charge in [0, 0.05) is 31.8 Å². The molecule has 0 atom stereocenters. The van der Waals surface area contributed by atoms with E-state index in [-0.39, 0.29) is 19.5 Å². The molecule has 0 radical (unpaired) electrons. The van der Waals surface area contributed by atoms with E-state index in [1.165, 1.54) is 0 Å². The quantitative estimate of drug-likeness (QED) is 0.0879. The molecule has 6 aromatic carbocycles. The fraction of sp³-hybridized carbons (Fsp3) is 0.0526. The molecule has 0 saturated heterocycles. The second-order valence-corrected chi connectivity index (χ2v) is 20.1. The van der Waals surface area contributed by atoms with Crippen LogP contribution in [-0.4, -0.2) is 27.9 Å². The first kappa shape index (κ1) is 46.2. The third-order valence-electron chi connectivity index (χ3n) is 7.50. The Hall–Kier alpha value is -4.16. The predicted octanol–water partition coefficient (Wildman–Crippen LogP) is 7.71. The zero-order valence-corrected chi connectivity index (χ0v) is 35.3. The Bertz CT molecular complexity index is 2070. The first-order chi connectivity index (χ1) is 25.8. The van der Waals surface area contributed by atoms with E-state index in [2.05, 4.69) is 0 Å².